The molecule has 0 aliphatic rings. The van der Waals surface area contributed by atoms with Gasteiger partial charge in [-0.05, 0) is 18.6 Å². The van der Waals surface area contributed by atoms with Crippen LogP contribution in [0.1, 0.15) is 76.7 Å². The van der Waals surface area contributed by atoms with Gasteiger partial charge in [-0.25, -0.2) is 5.43 Å². The average molecular weight is 379 g/mol. The molecule has 1 aromatic rings. The topological polar surface area (TPSA) is 80.2 Å². The maximum absolute atomic E-state index is 11.8. The molecule has 0 aliphatic carbocycles. The zero-order valence-corrected chi connectivity index (χ0v) is 16.9. The van der Waals surface area contributed by atoms with E-state index >= 15 is 0 Å². The van der Waals surface area contributed by atoms with Crippen molar-refractivity contribution in [3.8, 4) is 17.2 Å². The van der Waals surface area contributed by atoms with Crippen LogP contribution in [0.4, 0.5) is 0 Å². The number of methoxy groups -OCH3 is 2. The summed E-state index contributed by atoms with van der Waals surface area (Å²) in [4.78, 5) is 11.8. The van der Waals surface area contributed by atoms with Gasteiger partial charge in [-0.3, -0.25) is 4.79 Å². The van der Waals surface area contributed by atoms with Crippen LogP contribution in [0.2, 0.25) is 0 Å². The molecule has 0 radical (unpaired) electrons. The minimum Gasteiger partial charge on any atom is -0.502 e. The van der Waals surface area contributed by atoms with Crippen molar-refractivity contribution in [2.45, 2.75) is 71.1 Å². The van der Waals surface area contributed by atoms with E-state index in [2.05, 4.69) is 17.5 Å². The Morgan fingerprint density at radius 1 is 1.00 bits per heavy atom. The monoisotopic (exact) mass is 378 g/mol. The van der Waals surface area contributed by atoms with Crippen LogP contribution in [0.5, 0.6) is 17.2 Å². The SMILES string of the molecule is CCCCCCCCCCCC(=O)NN=Cc1cc(OC)c(O)c(OC)c1. The van der Waals surface area contributed by atoms with Crippen molar-refractivity contribution in [2.75, 3.05) is 14.2 Å². The summed E-state index contributed by atoms with van der Waals surface area (Å²) in [5, 5.41) is 13.8. The number of benzene rings is 1. The third-order valence-electron chi connectivity index (χ3n) is 4.41. The summed E-state index contributed by atoms with van der Waals surface area (Å²) in [5.41, 5.74) is 3.19. The molecule has 0 spiro atoms. The molecule has 0 fully saturated rings. The highest BCUT2D eigenvalue weighted by Gasteiger charge is 2.10. The van der Waals surface area contributed by atoms with Crippen LogP contribution in [0.25, 0.3) is 0 Å². The Labute approximate surface area is 163 Å². The van der Waals surface area contributed by atoms with Crippen molar-refractivity contribution >= 4 is 12.1 Å². The first kappa shape index (κ1) is 22.8. The molecule has 152 valence electrons. The molecular weight excluding hydrogens is 344 g/mol. The van der Waals surface area contributed by atoms with Gasteiger partial charge in [-0.15, -0.1) is 0 Å². The van der Waals surface area contributed by atoms with E-state index in [0.717, 1.165) is 12.8 Å². The fourth-order valence-corrected chi connectivity index (χ4v) is 2.82. The molecule has 1 amide bonds. The number of hydrazone groups is 1. The average Bonchev–Trinajstić information content (AvgIpc) is 2.67. The smallest absolute Gasteiger partial charge is 0.240 e. The number of ether oxygens (including phenoxy) is 2. The molecule has 0 bridgehead atoms. The van der Waals surface area contributed by atoms with E-state index in [-0.39, 0.29) is 23.2 Å². The van der Waals surface area contributed by atoms with E-state index in [1.807, 2.05) is 0 Å². The lowest BCUT2D eigenvalue weighted by Crippen LogP contribution is -2.16. The van der Waals surface area contributed by atoms with Gasteiger partial charge >= 0.3 is 0 Å². The van der Waals surface area contributed by atoms with Crippen molar-refractivity contribution in [2.24, 2.45) is 5.10 Å². The fraction of sp³-hybridized carbons (Fsp3) is 0.619. The number of hydrogen-bond acceptors (Lipinski definition) is 5. The van der Waals surface area contributed by atoms with Crippen LogP contribution in [0.15, 0.2) is 17.2 Å². The van der Waals surface area contributed by atoms with E-state index in [9.17, 15) is 9.90 Å². The minimum atomic E-state index is -0.0908. The van der Waals surface area contributed by atoms with Crippen molar-refractivity contribution in [3.63, 3.8) is 0 Å². The summed E-state index contributed by atoms with van der Waals surface area (Å²) in [7, 11) is 2.92. The zero-order valence-electron chi connectivity index (χ0n) is 16.9. The van der Waals surface area contributed by atoms with Crippen molar-refractivity contribution in [1.29, 1.82) is 0 Å². The third kappa shape index (κ3) is 9.31. The van der Waals surface area contributed by atoms with Crippen molar-refractivity contribution < 1.29 is 19.4 Å². The molecule has 1 rings (SSSR count). The summed E-state index contributed by atoms with van der Waals surface area (Å²) in [5.74, 6) is 0.423. The number of nitrogens with one attached hydrogen (secondary N) is 1. The van der Waals surface area contributed by atoms with Crippen LogP contribution >= 0.6 is 0 Å². The van der Waals surface area contributed by atoms with Gasteiger partial charge in [0.2, 0.25) is 11.7 Å². The van der Waals surface area contributed by atoms with Gasteiger partial charge < -0.3 is 14.6 Å². The van der Waals surface area contributed by atoms with Crippen LogP contribution in [-0.4, -0.2) is 31.4 Å². The summed E-state index contributed by atoms with van der Waals surface area (Å²) in [6.07, 6.45) is 13.0. The largest absolute Gasteiger partial charge is 0.502 e. The molecule has 0 aromatic heterocycles. The standard InChI is InChI=1S/C21H34N2O4/c1-4-5-6-7-8-9-10-11-12-13-20(24)23-22-16-17-14-18(26-2)21(25)19(15-17)27-3/h14-16,25H,4-13H2,1-3H3,(H,23,24). The van der Waals surface area contributed by atoms with Crippen molar-refractivity contribution in [1.82, 2.24) is 5.43 Å². The summed E-state index contributed by atoms with van der Waals surface area (Å²) in [6.45, 7) is 2.23. The molecule has 0 atom stereocenters. The first-order chi connectivity index (χ1) is 13.1. The Balaban J connectivity index is 2.24. The highest BCUT2D eigenvalue weighted by molar-refractivity contribution is 5.84. The summed E-state index contributed by atoms with van der Waals surface area (Å²) < 4.78 is 10.2. The van der Waals surface area contributed by atoms with Gasteiger partial charge in [0.15, 0.2) is 11.5 Å². The van der Waals surface area contributed by atoms with E-state index < -0.39 is 0 Å². The Kier molecular flexibility index (Phi) is 11.7. The molecule has 0 saturated heterocycles. The second-order valence-electron chi connectivity index (χ2n) is 6.65. The molecule has 0 heterocycles. The number of amides is 1. The predicted octanol–water partition coefficient (Wildman–Crippen LogP) is 4.78. The highest BCUT2D eigenvalue weighted by atomic mass is 16.5. The number of nitrogens with zero attached hydrogens (tertiary/aromatic N) is 1. The van der Waals surface area contributed by atoms with Crippen LogP contribution < -0.4 is 14.9 Å². The zero-order chi connectivity index (χ0) is 19.9. The fourth-order valence-electron chi connectivity index (χ4n) is 2.82. The lowest BCUT2D eigenvalue weighted by atomic mass is 10.1. The molecule has 2 N–H and O–H groups in total. The predicted molar refractivity (Wildman–Crippen MR) is 109 cm³/mol. The maximum atomic E-state index is 11.8. The highest BCUT2D eigenvalue weighted by Crippen LogP contribution is 2.36. The maximum Gasteiger partial charge on any atom is 0.240 e. The number of phenolic OH excluding ortho intramolecular Hbond substituents is 1. The number of unbranched alkanes of at least 4 members (excludes halogenated alkanes) is 8. The van der Waals surface area contributed by atoms with Gasteiger partial charge in [0.05, 0.1) is 20.4 Å². The molecule has 0 unspecified atom stereocenters. The third-order valence-corrected chi connectivity index (χ3v) is 4.41. The molecule has 6 nitrogen and oxygen atoms in total. The van der Waals surface area contributed by atoms with Gasteiger partial charge in [0.1, 0.15) is 0 Å². The Hall–Kier alpha value is -2.24. The van der Waals surface area contributed by atoms with Crippen LogP contribution in [0.3, 0.4) is 0 Å². The van der Waals surface area contributed by atoms with Gasteiger partial charge in [0.25, 0.3) is 0 Å². The van der Waals surface area contributed by atoms with Crippen LogP contribution in [0, 0.1) is 0 Å². The molecule has 0 saturated carbocycles. The number of hydrogen-bond donors (Lipinski definition) is 2. The number of rotatable bonds is 14. The number of aromatic hydroxyl groups is 1. The quantitative estimate of drug-likeness (QED) is 0.277. The summed E-state index contributed by atoms with van der Waals surface area (Å²) >= 11 is 0. The lowest BCUT2D eigenvalue weighted by Gasteiger charge is -2.09. The Morgan fingerprint density at radius 2 is 1.52 bits per heavy atom. The normalized spacial score (nSPS) is 10.9. The summed E-state index contributed by atoms with van der Waals surface area (Å²) in [6, 6.07) is 3.24. The second kappa shape index (κ2) is 13.9. The molecule has 1 aromatic carbocycles. The Bertz CT molecular complexity index is 563. The van der Waals surface area contributed by atoms with Gasteiger partial charge in [0, 0.05) is 12.0 Å². The van der Waals surface area contributed by atoms with E-state index in [1.165, 1.54) is 65.4 Å². The van der Waals surface area contributed by atoms with Gasteiger partial charge in [-0.1, -0.05) is 58.3 Å². The molecule has 6 heteroatoms. The number of carbonyl (C=O) groups excluding carboxylic acids is 1. The number of phenols is 1. The van der Waals surface area contributed by atoms with Crippen LogP contribution in [-0.2, 0) is 4.79 Å². The lowest BCUT2D eigenvalue weighted by molar-refractivity contribution is -0.121. The molecule has 0 aliphatic heterocycles. The van der Waals surface area contributed by atoms with Gasteiger partial charge in [-0.2, -0.15) is 5.10 Å². The molecule has 27 heavy (non-hydrogen) atoms. The van der Waals surface area contributed by atoms with E-state index in [0.29, 0.717) is 12.0 Å². The first-order valence-electron chi connectivity index (χ1n) is 9.89. The number of carbonyl (C=O) groups is 1. The second-order valence-corrected chi connectivity index (χ2v) is 6.65. The minimum absolute atomic E-state index is 0.0634. The first-order valence-corrected chi connectivity index (χ1v) is 9.89. The van der Waals surface area contributed by atoms with E-state index in [4.69, 9.17) is 9.47 Å². The van der Waals surface area contributed by atoms with Crippen molar-refractivity contribution in [3.05, 3.63) is 17.7 Å². The molecular formula is C21H34N2O4. The van der Waals surface area contributed by atoms with E-state index in [1.54, 1.807) is 12.1 Å². The Morgan fingerprint density at radius 3 is 2.04 bits per heavy atom.